The Labute approximate surface area is 156 Å². The number of amides is 1. The third-order valence-electron chi connectivity index (χ3n) is 4.56. The molecule has 2 aromatic rings. The van der Waals surface area contributed by atoms with Crippen LogP contribution >= 0.6 is 0 Å². The first-order valence-corrected chi connectivity index (χ1v) is 10.3. The van der Waals surface area contributed by atoms with Crippen molar-refractivity contribution in [2.75, 3.05) is 17.6 Å². The summed E-state index contributed by atoms with van der Waals surface area (Å²) in [4.78, 5) is 12.7. The molecule has 140 valence electrons. The summed E-state index contributed by atoms with van der Waals surface area (Å²) in [5.41, 5.74) is 5.04. The molecule has 0 fully saturated rings. The highest BCUT2D eigenvalue weighted by Crippen LogP contribution is 2.24. The highest BCUT2D eigenvalue weighted by Gasteiger charge is 2.18. The minimum Gasteiger partial charge on any atom is -0.346 e. The second-order valence-electron chi connectivity index (χ2n) is 6.79. The Morgan fingerprint density at radius 1 is 1.04 bits per heavy atom. The molecule has 0 aliphatic heterocycles. The Morgan fingerprint density at radius 3 is 2.27 bits per heavy atom. The van der Waals surface area contributed by atoms with Gasteiger partial charge in [0.15, 0.2) is 0 Å². The van der Waals surface area contributed by atoms with Gasteiger partial charge in [0.05, 0.1) is 18.0 Å². The Morgan fingerprint density at radius 2 is 1.65 bits per heavy atom. The number of benzene rings is 2. The maximum absolute atomic E-state index is 12.7. The maximum atomic E-state index is 12.7. The highest BCUT2D eigenvalue weighted by atomic mass is 32.2. The third kappa shape index (κ3) is 4.43. The molecule has 1 N–H and O–H groups in total. The van der Waals surface area contributed by atoms with Crippen LogP contribution in [0.1, 0.15) is 45.6 Å². The van der Waals surface area contributed by atoms with Gasteiger partial charge in [-0.1, -0.05) is 29.8 Å². The fourth-order valence-corrected chi connectivity index (χ4v) is 3.41. The second-order valence-corrected chi connectivity index (χ2v) is 8.80. The standard InChI is InChI=1S/C20H26N2O3S/c1-13-7-8-14(2)18(11-13)16(4)21-20(23)17-10-9-15(3)19(12-17)22(5)26(6,24)25/h7-12,16H,1-6H3,(H,21,23). The van der Waals surface area contributed by atoms with E-state index in [9.17, 15) is 13.2 Å². The lowest BCUT2D eigenvalue weighted by Gasteiger charge is -2.21. The Kier molecular flexibility index (Phi) is 5.76. The molecule has 2 aromatic carbocycles. The van der Waals surface area contributed by atoms with Crippen LogP contribution in [-0.2, 0) is 10.0 Å². The zero-order valence-corrected chi connectivity index (χ0v) is 16.9. The molecule has 1 unspecified atom stereocenters. The molecule has 0 saturated carbocycles. The van der Waals surface area contributed by atoms with E-state index in [2.05, 4.69) is 11.4 Å². The molecule has 0 saturated heterocycles. The van der Waals surface area contributed by atoms with E-state index in [1.165, 1.54) is 11.4 Å². The molecule has 26 heavy (non-hydrogen) atoms. The normalized spacial score (nSPS) is 12.5. The summed E-state index contributed by atoms with van der Waals surface area (Å²) >= 11 is 0. The summed E-state index contributed by atoms with van der Waals surface area (Å²) in [6, 6.07) is 11.1. The number of carbonyl (C=O) groups is 1. The van der Waals surface area contributed by atoms with Crippen LogP contribution in [0.3, 0.4) is 0 Å². The zero-order chi connectivity index (χ0) is 19.6. The van der Waals surface area contributed by atoms with Gasteiger partial charge >= 0.3 is 0 Å². The first-order valence-electron chi connectivity index (χ1n) is 8.43. The van der Waals surface area contributed by atoms with E-state index in [4.69, 9.17) is 0 Å². The van der Waals surface area contributed by atoms with Crippen molar-refractivity contribution in [2.45, 2.75) is 33.7 Å². The third-order valence-corrected chi connectivity index (χ3v) is 5.75. The van der Waals surface area contributed by atoms with Gasteiger partial charge in [-0.05, 0) is 56.5 Å². The lowest BCUT2D eigenvalue weighted by molar-refractivity contribution is 0.0940. The van der Waals surface area contributed by atoms with Crippen molar-refractivity contribution in [2.24, 2.45) is 0 Å². The minimum absolute atomic E-state index is 0.153. The van der Waals surface area contributed by atoms with Crippen LogP contribution in [0.4, 0.5) is 5.69 Å². The van der Waals surface area contributed by atoms with Gasteiger partial charge in [0, 0.05) is 12.6 Å². The van der Waals surface area contributed by atoms with Crippen LogP contribution in [0.5, 0.6) is 0 Å². The van der Waals surface area contributed by atoms with Crippen LogP contribution in [0, 0.1) is 20.8 Å². The minimum atomic E-state index is -3.40. The Balaban J connectivity index is 2.29. The summed E-state index contributed by atoms with van der Waals surface area (Å²) in [6.45, 7) is 7.79. The van der Waals surface area contributed by atoms with Gasteiger partial charge in [0.25, 0.3) is 5.91 Å². The van der Waals surface area contributed by atoms with Gasteiger partial charge in [-0.15, -0.1) is 0 Å². The number of nitrogens with one attached hydrogen (secondary N) is 1. The van der Waals surface area contributed by atoms with E-state index in [0.717, 1.165) is 28.5 Å². The summed E-state index contributed by atoms with van der Waals surface area (Å²) in [6.07, 6.45) is 1.14. The number of sulfonamides is 1. The van der Waals surface area contributed by atoms with Crippen molar-refractivity contribution in [3.05, 3.63) is 64.2 Å². The fraction of sp³-hybridized carbons (Fsp3) is 0.350. The monoisotopic (exact) mass is 374 g/mol. The largest absolute Gasteiger partial charge is 0.346 e. The number of aryl methyl sites for hydroxylation is 3. The van der Waals surface area contributed by atoms with Crippen LogP contribution < -0.4 is 9.62 Å². The molecular formula is C20H26N2O3S. The maximum Gasteiger partial charge on any atom is 0.251 e. The van der Waals surface area contributed by atoms with Crippen molar-refractivity contribution in [3.8, 4) is 0 Å². The van der Waals surface area contributed by atoms with Gasteiger partial charge in [0.2, 0.25) is 10.0 Å². The van der Waals surface area contributed by atoms with Gasteiger partial charge in [-0.3, -0.25) is 9.10 Å². The lowest BCUT2D eigenvalue weighted by atomic mass is 9.99. The number of rotatable bonds is 5. The predicted molar refractivity (Wildman–Crippen MR) is 106 cm³/mol. The number of nitrogens with zero attached hydrogens (tertiary/aromatic N) is 1. The number of carbonyl (C=O) groups excluding carboxylic acids is 1. The Bertz CT molecular complexity index is 936. The molecular weight excluding hydrogens is 348 g/mol. The average Bonchev–Trinajstić information content (AvgIpc) is 2.55. The van der Waals surface area contributed by atoms with Crippen molar-refractivity contribution >= 4 is 21.6 Å². The summed E-state index contributed by atoms with van der Waals surface area (Å²) < 4.78 is 24.8. The Hall–Kier alpha value is -2.34. The molecule has 0 aromatic heterocycles. The van der Waals surface area contributed by atoms with Gasteiger partial charge in [-0.2, -0.15) is 0 Å². The van der Waals surface area contributed by atoms with Gasteiger partial charge < -0.3 is 5.32 Å². The molecule has 1 amide bonds. The second kappa shape index (κ2) is 7.50. The lowest BCUT2D eigenvalue weighted by Crippen LogP contribution is -2.29. The van der Waals surface area contributed by atoms with Crippen LogP contribution in [0.25, 0.3) is 0 Å². The predicted octanol–water partition coefficient (Wildman–Crippen LogP) is 3.50. The molecule has 0 aliphatic carbocycles. The summed E-state index contributed by atoms with van der Waals surface area (Å²) in [5, 5.41) is 3.00. The van der Waals surface area contributed by atoms with Crippen LogP contribution in [0.2, 0.25) is 0 Å². The van der Waals surface area contributed by atoms with Crippen molar-refractivity contribution < 1.29 is 13.2 Å². The van der Waals surface area contributed by atoms with Gasteiger partial charge in [-0.25, -0.2) is 8.42 Å². The van der Waals surface area contributed by atoms with Crippen molar-refractivity contribution in [3.63, 3.8) is 0 Å². The van der Waals surface area contributed by atoms with E-state index in [1.54, 1.807) is 18.2 Å². The van der Waals surface area contributed by atoms with E-state index in [1.807, 2.05) is 39.8 Å². The first kappa shape index (κ1) is 20.0. The van der Waals surface area contributed by atoms with Crippen LogP contribution in [-0.4, -0.2) is 27.6 Å². The molecule has 0 heterocycles. The summed E-state index contributed by atoms with van der Waals surface area (Å²) in [5.74, 6) is -0.235. The molecule has 0 bridgehead atoms. The van der Waals surface area contributed by atoms with E-state index >= 15 is 0 Å². The van der Waals surface area contributed by atoms with E-state index in [-0.39, 0.29) is 11.9 Å². The summed E-state index contributed by atoms with van der Waals surface area (Å²) in [7, 11) is -1.91. The molecule has 0 aliphatic rings. The molecule has 0 spiro atoms. The van der Waals surface area contributed by atoms with Crippen molar-refractivity contribution in [1.82, 2.24) is 5.32 Å². The van der Waals surface area contributed by atoms with Crippen LogP contribution in [0.15, 0.2) is 36.4 Å². The quantitative estimate of drug-likeness (QED) is 0.871. The molecule has 0 radical (unpaired) electrons. The average molecular weight is 375 g/mol. The first-order chi connectivity index (χ1) is 12.0. The fourth-order valence-electron chi connectivity index (χ4n) is 2.85. The van der Waals surface area contributed by atoms with Crippen molar-refractivity contribution in [1.29, 1.82) is 0 Å². The smallest absolute Gasteiger partial charge is 0.251 e. The SMILES string of the molecule is Cc1ccc(C)c(C(C)NC(=O)c2ccc(C)c(N(C)S(C)(=O)=O)c2)c1. The molecule has 5 nitrogen and oxygen atoms in total. The van der Waals surface area contributed by atoms with E-state index < -0.39 is 10.0 Å². The highest BCUT2D eigenvalue weighted by molar-refractivity contribution is 7.92. The number of hydrogen-bond acceptors (Lipinski definition) is 3. The molecule has 2 rings (SSSR count). The number of anilines is 1. The molecule has 6 heteroatoms. The molecule has 1 atom stereocenters. The van der Waals surface area contributed by atoms with E-state index in [0.29, 0.717) is 11.3 Å². The zero-order valence-electron chi connectivity index (χ0n) is 16.1. The van der Waals surface area contributed by atoms with Gasteiger partial charge in [0.1, 0.15) is 0 Å². The topological polar surface area (TPSA) is 66.5 Å². The number of hydrogen-bond donors (Lipinski definition) is 1.